The van der Waals surface area contributed by atoms with Gasteiger partial charge in [-0.2, -0.15) is 13.2 Å². The fraction of sp³-hybridized carbons (Fsp3) is 0.571. The van der Waals surface area contributed by atoms with Crippen molar-refractivity contribution >= 4 is 41.7 Å². The molecule has 1 heterocycles. The van der Waals surface area contributed by atoms with Crippen molar-refractivity contribution in [3.05, 3.63) is 52.8 Å². The van der Waals surface area contributed by atoms with Gasteiger partial charge in [0.15, 0.2) is 0 Å². The zero-order valence-electron chi connectivity index (χ0n) is 24.1. The third kappa shape index (κ3) is 10.2. The first-order valence-corrected chi connectivity index (χ1v) is 14.4. The average molecular weight is 664 g/mol. The van der Waals surface area contributed by atoms with E-state index in [1.165, 1.54) is 6.07 Å². The molecule has 1 saturated heterocycles. The number of aliphatic hydroxyl groups is 1. The molecular weight excluding hydrogens is 623 g/mol. The minimum atomic E-state index is -4.76. The molecule has 4 N–H and O–H groups in total. The van der Waals surface area contributed by atoms with Gasteiger partial charge in [0.05, 0.1) is 25.9 Å². The first-order valence-electron chi connectivity index (χ1n) is 12.9. The standard InChI is InChI=1S/C28H38F4N2O5S.2ClH/c1-27(2,3)19-7-17(8-20(11-19)38-5)12-34-22-15-40(36)14-18(26(22)35)6-16-9-21(29)25(33)23(10-16)39-24(13-37-4)28(30,31)32;;/h7-11,18,22,24,26,34-35H,6,12-15,33H2,1-5H3;2*1H/t18-,22+,24-,26+,40-;;/m1../s1. The second-order valence-electron chi connectivity index (χ2n) is 11.1. The Bertz CT molecular complexity index is 1160. The van der Waals surface area contributed by atoms with Crippen LogP contribution in [-0.4, -0.2) is 66.4 Å². The summed E-state index contributed by atoms with van der Waals surface area (Å²) in [4.78, 5) is 0. The van der Waals surface area contributed by atoms with Gasteiger partial charge in [-0.1, -0.05) is 38.0 Å². The molecule has 14 heteroatoms. The molecule has 0 spiro atoms. The molecule has 0 radical (unpaired) electrons. The predicted molar refractivity (Wildman–Crippen MR) is 161 cm³/mol. The summed E-state index contributed by atoms with van der Waals surface area (Å²) in [5.74, 6) is -0.873. The van der Waals surface area contributed by atoms with Crippen LogP contribution < -0.4 is 20.5 Å². The average Bonchev–Trinajstić information content (AvgIpc) is 2.86. The monoisotopic (exact) mass is 662 g/mol. The van der Waals surface area contributed by atoms with Gasteiger partial charge in [-0.25, -0.2) is 4.39 Å². The molecule has 0 bridgehead atoms. The number of ether oxygens (including phenoxy) is 3. The highest BCUT2D eigenvalue weighted by atomic mass is 35.5. The molecule has 0 amide bonds. The molecule has 5 atom stereocenters. The number of methoxy groups -OCH3 is 2. The van der Waals surface area contributed by atoms with Crippen LogP contribution in [0.3, 0.4) is 0 Å². The maximum Gasteiger partial charge on any atom is 0.427 e. The van der Waals surface area contributed by atoms with Gasteiger partial charge < -0.3 is 34.9 Å². The van der Waals surface area contributed by atoms with E-state index in [4.69, 9.17) is 15.2 Å². The minimum absolute atomic E-state index is 0. The van der Waals surface area contributed by atoms with Crippen LogP contribution in [0.2, 0.25) is 0 Å². The van der Waals surface area contributed by atoms with E-state index in [2.05, 4.69) is 36.9 Å². The van der Waals surface area contributed by atoms with Crippen molar-refractivity contribution in [3.63, 3.8) is 0 Å². The number of alkyl halides is 3. The van der Waals surface area contributed by atoms with Crippen LogP contribution in [0.1, 0.15) is 37.5 Å². The Morgan fingerprint density at radius 2 is 1.74 bits per heavy atom. The van der Waals surface area contributed by atoms with Gasteiger partial charge in [0, 0.05) is 19.6 Å². The molecule has 0 unspecified atom stereocenters. The summed E-state index contributed by atoms with van der Waals surface area (Å²) in [7, 11) is 2.68. The number of nitrogen functional groups attached to an aromatic ring is 1. The zero-order valence-corrected chi connectivity index (χ0v) is 26.6. The third-order valence-corrected chi connectivity index (χ3v) is 8.43. The van der Waals surface area contributed by atoms with E-state index in [9.17, 15) is 27.2 Å². The largest absolute Gasteiger partial charge is 0.616 e. The topological polar surface area (TPSA) is 109 Å². The third-order valence-electron chi connectivity index (χ3n) is 6.90. The number of benzene rings is 2. The molecule has 1 aliphatic heterocycles. The molecular formula is C28H40Cl2F4N2O5S. The van der Waals surface area contributed by atoms with Crippen molar-refractivity contribution in [1.82, 2.24) is 5.32 Å². The Hall–Kier alpha value is -1.67. The maximum atomic E-state index is 14.6. The molecule has 240 valence electrons. The fourth-order valence-electron chi connectivity index (χ4n) is 4.62. The second-order valence-corrected chi connectivity index (χ2v) is 12.7. The fourth-order valence-corrected chi connectivity index (χ4v) is 6.26. The quantitative estimate of drug-likeness (QED) is 0.188. The number of nitrogens with two attached hydrogens (primary N) is 1. The van der Waals surface area contributed by atoms with Crippen LogP contribution in [0.4, 0.5) is 23.2 Å². The molecule has 7 nitrogen and oxygen atoms in total. The molecule has 2 aromatic carbocycles. The SMILES string of the molecule is COC[C@@H](Oc1cc(C[C@@H]2C[S@@+]([O-])C[C@H](NCc3cc(OC)cc(C(C)(C)C)c3)[C@H]2O)cc(F)c1N)C(F)(F)F.Cl.Cl. The molecule has 0 saturated carbocycles. The van der Waals surface area contributed by atoms with Crippen molar-refractivity contribution in [2.24, 2.45) is 5.92 Å². The van der Waals surface area contributed by atoms with Gasteiger partial charge in [0.1, 0.15) is 34.5 Å². The first kappa shape index (κ1) is 38.4. The normalized spacial score (nSPS) is 21.6. The Kier molecular flexibility index (Phi) is 14.5. The number of nitrogens with one attached hydrogen (secondary N) is 1. The molecule has 3 rings (SSSR count). The van der Waals surface area contributed by atoms with Crippen LogP contribution in [0.15, 0.2) is 30.3 Å². The summed E-state index contributed by atoms with van der Waals surface area (Å²) in [5, 5.41) is 14.4. The van der Waals surface area contributed by atoms with Crippen LogP contribution in [0.5, 0.6) is 11.5 Å². The highest BCUT2D eigenvalue weighted by molar-refractivity contribution is 7.91. The zero-order chi connectivity index (χ0) is 29.8. The Morgan fingerprint density at radius 3 is 2.31 bits per heavy atom. The summed E-state index contributed by atoms with van der Waals surface area (Å²) >= 11 is -1.28. The number of anilines is 1. The Morgan fingerprint density at radius 1 is 1.07 bits per heavy atom. The molecule has 1 fully saturated rings. The minimum Gasteiger partial charge on any atom is -0.616 e. The van der Waals surface area contributed by atoms with Gasteiger partial charge >= 0.3 is 6.18 Å². The smallest absolute Gasteiger partial charge is 0.427 e. The number of halogens is 6. The van der Waals surface area contributed by atoms with Crippen molar-refractivity contribution in [2.75, 3.05) is 38.1 Å². The van der Waals surface area contributed by atoms with Crippen molar-refractivity contribution in [3.8, 4) is 11.5 Å². The summed E-state index contributed by atoms with van der Waals surface area (Å²) in [6.45, 7) is 5.87. The van der Waals surface area contributed by atoms with Crippen LogP contribution >= 0.6 is 24.8 Å². The van der Waals surface area contributed by atoms with Gasteiger partial charge in [0.25, 0.3) is 0 Å². The lowest BCUT2D eigenvalue weighted by Crippen LogP contribution is -2.54. The summed E-state index contributed by atoms with van der Waals surface area (Å²) in [6, 6.07) is 7.72. The lowest BCUT2D eigenvalue weighted by Gasteiger charge is -2.36. The molecule has 42 heavy (non-hydrogen) atoms. The highest BCUT2D eigenvalue weighted by Crippen LogP contribution is 2.34. The van der Waals surface area contributed by atoms with Crippen LogP contribution in [0.25, 0.3) is 0 Å². The number of hydrogen-bond donors (Lipinski definition) is 3. The van der Waals surface area contributed by atoms with Crippen LogP contribution in [-0.2, 0) is 34.3 Å². The molecule has 0 aliphatic carbocycles. The van der Waals surface area contributed by atoms with E-state index in [0.717, 1.165) is 24.3 Å². The first-order chi connectivity index (χ1) is 18.6. The van der Waals surface area contributed by atoms with E-state index in [0.29, 0.717) is 12.3 Å². The van der Waals surface area contributed by atoms with E-state index < -0.39 is 65.4 Å². The van der Waals surface area contributed by atoms with Gasteiger partial charge in [0.2, 0.25) is 6.10 Å². The van der Waals surface area contributed by atoms with Gasteiger partial charge in [-0.05, 0) is 52.8 Å². The lowest BCUT2D eigenvalue weighted by molar-refractivity contribution is -0.206. The Balaban J connectivity index is 0.00000441. The number of aliphatic hydroxyl groups excluding tert-OH is 1. The molecule has 1 aliphatic rings. The van der Waals surface area contributed by atoms with Gasteiger partial charge in [-0.15, -0.1) is 24.8 Å². The van der Waals surface area contributed by atoms with E-state index in [-0.39, 0.29) is 53.7 Å². The number of rotatable bonds is 10. The summed E-state index contributed by atoms with van der Waals surface area (Å²) < 4.78 is 82.4. The van der Waals surface area contributed by atoms with Crippen LogP contribution in [0, 0.1) is 11.7 Å². The van der Waals surface area contributed by atoms with E-state index >= 15 is 0 Å². The summed E-state index contributed by atoms with van der Waals surface area (Å²) in [5.41, 5.74) is 7.28. The second kappa shape index (κ2) is 15.9. The predicted octanol–water partition coefficient (Wildman–Crippen LogP) is 4.95. The van der Waals surface area contributed by atoms with Crippen molar-refractivity contribution < 1.29 is 41.4 Å². The summed E-state index contributed by atoms with van der Waals surface area (Å²) in [6.07, 6.45) is -7.98. The van der Waals surface area contributed by atoms with Gasteiger partial charge in [-0.3, -0.25) is 0 Å². The molecule has 0 aromatic heterocycles. The highest BCUT2D eigenvalue weighted by Gasteiger charge is 2.43. The maximum absolute atomic E-state index is 14.6. The molecule has 2 aromatic rings. The number of hydrogen-bond acceptors (Lipinski definition) is 7. The lowest BCUT2D eigenvalue weighted by atomic mass is 9.86. The van der Waals surface area contributed by atoms with Crippen molar-refractivity contribution in [1.29, 1.82) is 0 Å². The van der Waals surface area contributed by atoms with Crippen molar-refractivity contribution in [2.45, 2.75) is 63.6 Å². The van der Waals surface area contributed by atoms with E-state index in [1.54, 1.807) is 7.11 Å². The van der Waals surface area contributed by atoms with E-state index in [1.807, 2.05) is 12.1 Å². The Labute approximate surface area is 259 Å².